The second-order valence-corrected chi connectivity index (χ2v) is 6.43. The van der Waals surface area contributed by atoms with E-state index in [0.717, 1.165) is 0 Å². The first-order valence-electron chi connectivity index (χ1n) is 7.34. The molecule has 7 heteroatoms. The zero-order valence-electron chi connectivity index (χ0n) is 14.8. The molecule has 0 aliphatic heterocycles. The Hall–Kier alpha value is -1.73. The summed E-state index contributed by atoms with van der Waals surface area (Å²) >= 11 is 0. The van der Waals surface area contributed by atoms with E-state index in [9.17, 15) is 15.0 Å². The molecule has 0 aliphatic carbocycles. The maximum Gasteiger partial charge on any atom is 0.343 e. The lowest BCUT2D eigenvalue weighted by Gasteiger charge is -2.39. The van der Waals surface area contributed by atoms with Gasteiger partial charge in [-0.2, -0.15) is 0 Å². The Kier molecular flexibility index (Phi) is 5.72. The van der Waals surface area contributed by atoms with Gasteiger partial charge in [0.2, 0.25) is 0 Å². The largest absolute Gasteiger partial charge is 0.496 e. The molecule has 128 valence electrons. The van der Waals surface area contributed by atoms with Crippen molar-refractivity contribution in [2.24, 2.45) is 0 Å². The summed E-state index contributed by atoms with van der Waals surface area (Å²) in [5.41, 5.74) is -1.19. The maximum absolute atomic E-state index is 11.4. The minimum Gasteiger partial charge on any atom is -0.496 e. The van der Waals surface area contributed by atoms with Crippen molar-refractivity contribution in [3.05, 3.63) is 17.7 Å². The first kappa shape index (κ1) is 19.3. The Bertz CT molecular complexity index is 551. The van der Waals surface area contributed by atoms with Crippen molar-refractivity contribution >= 4 is 18.3 Å². The maximum atomic E-state index is 11.4. The SMILES string of the molecule is COc1cc(B(C)OC(C)(C)C(C)(C)O)cc(OC)c1C(=O)O. The predicted molar refractivity (Wildman–Crippen MR) is 89.2 cm³/mol. The number of hydrogen-bond donors (Lipinski definition) is 2. The molecule has 0 saturated carbocycles. The van der Waals surface area contributed by atoms with Crippen molar-refractivity contribution in [3.8, 4) is 11.5 Å². The highest BCUT2D eigenvalue weighted by Crippen LogP contribution is 2.29. The van der Waals surface area contributed by atoms with Crippen molar-refractivity contribution in [2.45, 2.75) is 45.7 Å². The van der Waals surface area contributed by atoms with E-state index in [-0.39, 0.29) is 17.1 Å². The van der Waals surface area contributed by atoms with Gasteiger partial charge in [0, 0.05) is 0 Å². The number of carboxylic acids is 1. The van der Waals surface area contributed by atoms with Crippen LogP contribution >= 0.6 is 0 Å². The first-order valence-corrected chi connectivity index (χ1v) is 7.34. The number of hydrogen-bond acceptors (Lipinski definition) is 5. The number of carbonyl (C=O) groups is 1. The van der Waals surface area contributed by atoms with E-state index in [1.54, 1.807) is 39.8 Å². The van der Waals surface area contributed by atoms with E-state index in [0.29, 0.717) is 5.46 Å². The first-order chi connectivity index (χ1) is 10.4. The van der Waals surface area contributed by atoms with E-state index < -0.39 is 24.1 Å². The minimum atomic E-state index is -1.13. The van der Waals surface area contributed by atoms with Crippen LogP contribution in [0.2, 0.25) is 6.82 Å². The number of rotatable bonds is 7. The van der Waals surface area contributed by atoms with Gasteiger partial charge in [0.25, 0.3) is 0 Å². The third-order valence-corrected chi connectivity index (χ3v) is 4.16. The number of aromatic carboxylic acids is 1. The molecule has 0 aliphatic rings. The van der Waals surface area contributed by atoms with Crippen LogP contribution in [0, 0.1) is 0 Å². The number of ether oxygens (including phenoxy) is 2. The molecule has 23 heavy (non-hydrogen) atoms. The highest BCUT2D eigenvalue weighted by molar-refractivity contribution is 6.66. The Morgan fingerprint density at radius 2 is 1.52 bits per heavy atom. The summed E-state index contributed by atoms with van der Waals surface area (Å²) in [7, 11) is 2.80. The highest BCUT2D eigenvalue weighted by Gasteiger charge is 2.38. The van der Waals surface area contributed by atoms with Crippen LogP contribution in [0.3, 0.4) is 0 Å². The molecule has 0 heterocycles. The summed E-state index contributed by atoms with van der Waals surface area (Å²) in [6, 6.07) is 3.22. The molecule has 6 nitrogen and oxygen atoms in total. The molecule has 1 aromatic carbocycles. The Morgan fingerprint density at radius 3 is 1.83 bits per heavy atom. The van der Waals surface area contributed by atoms with Crippen LogP contribution in [0.25, 0.3) is 0 Å². The van der Waals surface area contributed by atoms with Gasteiger partial charge in [-0.25, -0.2) is 4.79 Å². The molecule has 0 radical (unpaired) electrons. The summed E-state index contributed by atoms with van der Waals surface area (Å²) in [5.74, 6) is -0.734. The predicted octanol–water partition coefficient (Wildman–Crippen LogP) is 1.80. The third kappa shape index (κ3) is 4.17. The fourth-order valence-corrected chi connectivity index (χ4v) is 2.03. The molecule has 0 aromatic heterocycles. The van der Waals surface area contributed by atoms with E-state index in [2.05, 4.69) is 0 Å². The molecule has 0 spiro atoms. The van der Waals surface area contributed by atoms with Crippen molar-refractivity contribution in [1.82, 2.24) is 0 Å². The van der Waals surface area contributed by atoms with Gasteiger partial charge in [0.15, 0.2) is 0 Å². The van der Waals surface area contributed by atoms with Gasteiger partial charge in [-0.05, 0) is 45.3 Å². The molecule has 0 atom stereocenters. The van der Waals surface area contributed by atoms with Crippen LogP contribution in [0.15, 0.2) is 12.1 Å². The fourth-order valence-electron chi connectivity index (χ4n) is 2.03. The van der Waals surface area contributed by atoms with Crippen LogP contribution in [-0.4, -0.2) is 48.5 Å². The number of benzene rings is 1. The van der Waals surface area contributed by atoms with Crippen LogP contribution in [0.4, 0.5) is 0 Å². The molecule has 0 saturated heterocycles. The second kappa shape index (κ2) is 6.80. The topological polar surface area (TPSA) is 85.2 Å². The van der Waals surface area contributed by atoms with Crippen molar-refractivity contribution in [1.29, 1.82) is 0 Å². The normalized spacial score (nSPS) is 12.0. The summed E-state index contributed by atoms with van der Waals surface area (Å²) in [6.07, 6.45) is 0. The molecule has 1 aromatic rings. The number of methoxy groups -OCH3 is 2. The second-order valence-electron chi connectivity index (χ2n) is 6.43. The quantitative estimate of drug-likeness (QED) is 0.744. The van der Waals surface area contributed by atoms with E-state index >= 15 is 0 Å². The van der Waals surface area contributed by atoms with Gasteiger partial charge in [-0.15, -0.1) is 0 Å². The third-order valence-electron chi connectivity index (χ3n) is 4.16. The standard InChI is InChI=1S/C16H25BO6/c1-15(2,20)16(3,4)23-17(5)10-8-11(21-6)13(14(18)19)12(9-10)22-7/h8-9,20H,1-7H3,(H,18,19). The summed E-state index contributed by atoms with van der Waals surface area (Å²) in [6.45, 7) is 8.36. The van der Waals surface area contributed by atoms with E-state index in [4.69, 9.17) is 14.1 Å². The minimum absolute atomic E-state index is 0.0345. The van der Waals surface area contributed by atoms with Gasteiger partial charge < -0.3 is 24.3 Å². The van der Waals surface area contributed by atoms with Crippen LogP contribution < -0.4 is 14.9 Å². The monoisotopic (exact) mass is 324 g/mol. The van der Waals surface area contributed by atoms with Gasteiger partial charge >= 0.3 is 12.9 Å². The molecular weight excluding hydrogens is 299 g/mol. The summed E-state index contributed by atoms with van der Waals surface area (Å²) in [4.78, 5) is 11.4. The molecule has 1 rings (SSSR count). The van der Waals surface area contributed by atoms with Crippen molar-refractivity contribution in [2.75, 3.05) is 14.2 Å². The molecule has 0 fully saturated rings. The Morgan fingerprint density at radius 1 is 1.09 bits per heavy atom. The average molecular weight is 324 g/mol. The lowest BCUT2D eigenvalue weighted by atomic mass is 9.62. The summed E-state index contributed by atoms with van der Waals surface area (Å²) < 4.78 is 16.3. The lowest BCUT2D eigenvalue weighted by molar-refractivity contribution is -0.0918. The van der Waals surface area contributed by atoms with E-state index in [1.165, 1.54) is 14.2 Å². The number of carboxylic acid groups (broad SMARTS) is 1. The lowest BCUT2D eigenvalue weighted by Crippen LogP contribution is -2.52. The Balaban J connectivity index is 3.26. The highest BCUT2D eigenvalue weighted by atomic mass is 16.5. The van der Waals surface area contributed by atoms with E-state index in [1.807, 2.05) is 6.82 Å². The van der Waals surface area contributed by atoms with Gasteiger partial charge in [-0.1, -0.05) is 6.82 Å². The molecule has 0 amide bonds. The van der Waals surface area contributed by atoms with Gasteiger partial charge in [-0.3, -0.25) is 0 Å². The zero-order chi connectivity index (χ0) is 18.0. The molecule has 2 N–H and O–H groups in total. The average Bonchev–Trinajstić information content (AvgIpc) is 2.43. The Labute approximate surface area is 137 Å². The number of aliphatic hydroxyl groups is 1. The summed E-state index contributed by atoms with van der Waals surface area (Å²) in [5, 5.41) is 19.5. The van der Waals surface area contributed by atoms with Crippen molar-refractivity contribution in [3.63, 3.8) is 0 Å². The molecular formula is C16H25BO6. The van der Waals surface area contributed by atoms with Crippen LogP contribution in [-0.2, 0) is 4.65 Å². The molecule has 0 unspecified atom stereocenters. The zero-order valence-corrected chi connectivity index (χ0v) is 14.8. The van der Waals surface area contributed by atoms with Crippen LogP contribution in [0.1, 0.15) is 38.1 Å². The van der Waals surface area contributed by atoms with Gasteiger partial charge in [0.05, 0.1) is 25.4 Å². The van der Waals surface area contributed by atoms with Crippen LogP contribution in [0.5, 0.6) is 11.5 Å². The molecule has 0 bridgehead atoms. The smallest absolute Gasteiger partial charge is 0.343 e. The fraction of sp³-hybridized carbons (Fsp3) is 0.562. The van der Waals surface area contributed by atoms with Crippen molar-refractivity contribution < 1.29 is 29.1 Å². The van der Waals surface area contributed by atoms with Gasteiger partial charge in [0.1, 0.15) is 17.1 Å².